The van der Waals surface area contributed by atoms with Crippen LogP contribution in [0.25, 0.3) is 0 Å². The Morgan fingerprint density at radius 2 is 1.77 bits per heavy atom. The summed E-state index contributed by atoms with van der Waals surface area (Å²) in [5, 5.41) is 0.730. The third kappa shape index (κ3) is 4.55. The molecular weight excluding hydrogens is 346 g/mol. The van der Waals surface area contributed by atoms with Crippen LogP contribution in [0.15, 0.2) is 48.7 Å². The number of pyridine rings is 1. The van der Waals surface area contributed by atoms with Crippen LogP contribution >= 0.6 is 11.6 Å². The van der Waals surface area contributed by atoms with E-state index < -0.39 is 0 Å². The molecule has 0 bridgehead atoms. The van der Waals surface area contributed by atoms with Gasteiger partial charge in [0.15, 0.2) is 0 Å². The predicted molar refractivity (Wildman–Crippen MR) is 107 cm³/mol. The fourth-order valence-corrected chi connectivity index (χ4v) is 3.62. The maximum Gasteiger partial charge on any atom is 0.223 e. The van der Waals surface area contributed by atoms with Crippen LogP contribution in [0.3, 0.4) is 0 Å². The molecule has 1 aliphatic rings. The summed E-state index contributed by atoms with van der Waals surface area (Å²) in [6.07, 6.45) is 2.36. The Morgan fingerprint density at radius 3 is 2.35 bits per heavy atom. The Bertz CT molecular complexity index is 710. The van der Waals surface area contributed by atoms with E-state index in [2.05, 4.69) is 23.7 Å². The fourth-order valence-electron chi connectivity index (χ4n) is 3.49. The van der Waals surface area contributed by atoms with Gasteiger partial charge >= 0.3 is 0 Å². The summed E-state index contributed by atoms with van der Waals surface area (Å²) in [7, 11) is 0. The Hall–Kier alpha value is -2.07. The van der Waals surface area contributed by atoms with Gasteiger partial charge in [-0.1, -0.05) is 43.6 Å². The molecule has 5 heteroatoms. The lowest BCUT2D eigenvalue weighted by atomic mass is 9.85. The minimum absolute atomic E-state index is 0.216. The number of hydrogen-bond donors (Lipinski definition) is 0. The third-order valence-electron chi connectivity index (χ3n) is 5.10. The second-order valence-electron chi connectivity index (χ2n) is 7.16. The molecule has 4 nitrogen and oxygen atoms in total. The molecular formula is C21H26ClN3O. The van der Waals surface area contributed by atoms with Crippen molar-refractivity contribution in [1.29, 1.82) is 0 Å². The van der Waals surface area contributed by atoms with Crippen molar-refractivity contribution in [3.8, 4) is 0 Å². The molecule has 1 aromatic heterocycles. The maximum absolute atomic E-state index is 12.9. The smallest absolute Gasteiger partial charge is 0.223 e. The van der Waals surface area contributed by atoms with Crippen molar-refractivity contribution in [2.45, 2.75) is 26.2 Å². The van der Waals surface area contributed by atoms with Gasteiger partial charge in [-0.15, -0.1) is 0 Å². The van der Waals surface area contributed by atoms with Crippen LogP contribution < -0.4 is 4.90 Å². The SMILES string of the molecule is CC(C)C(CC(=O)N1CCN(c2ccccn2)CC1)c1ccc(Cl)cc1. The summed E-state index contributed by atoms with van der Waals surface area (Å²) in [4.78, 5) is 21.5. The Balaban J connectivity index is 1.59. The monoisotopic (exact) mass is 371 g/mol. The van der Waals surface area contributed by atoms with Crippen molar-refractivity contribution in [1.82, 2.24) is 9.88 Å². The number of carbonyl (C=O) groups excluding carboxylic acids is 1. The summed E-state index contributed by atoms with van der Waals surface area (Å²) in [5.74, 6) is 1.84. The van der Waals surface area contributed by atoms with E-state index in [0.29, 0.717) is 12.3 Å². The van der Waals surface area contributed by atoms with Crippen molar-refractivity contribution in [3.05, 3.63) is 59.2 Å². The highest BCUT2D eigenvalue weighted by Gasteiger charge is 2.26. The zero-order chi connectivity index (χ0) is 18.5. The maximum atomic E-state index is 12.9. The molecule has 1 atom stereocenters. The lowest BCUT2D eigenvalue weighted by molar-refractivity contribution is -0.132. The van der Waals surface area contributed by atoms with Crippen LogP contribution in [0.2, 0.25) is 5.02 Å². The summed E-state index contributed by atoms with van der Waals surface area (Å²) in [5.41, 5.74) is 1.19. The van der Waals surface area contributed by atoms with Gasteiger partial charge in [0.1, 0.15) is 5.82 Å². The molecule has 2 aromatic rings. The lowest BCUT2D eigenvalue weighted by Gasteiger charge is -2.36. The van der Waals surface area contributed by atoms with Crippen LogP contribution in [0, 0.1) is 5.92 Å². The summed E-state index contributed by atoms with van der Waals surface area (Å²) in [6.45, 7) is 7.50. The minimum Gasteiger partial charge on any atom is -0.353 e. The van der Waals surface area contributed by atoms with Crippen molar-refractivity contribution >= 4 is 23.3 Å². The third-order valence-corrected chi connectivity index (χ3v) is 5.36. The molecule has 138 valence electrons. The van der Waals surface area contributed by atoms with E-state index in [1.807, 2.05) is 53.6 Å². The number of amides is 1. The number of benzene rings is 1. The van der Waals surface area contributed by atoms with Crippen molar-refractivity contribution in [2.75, 3.05) is 31.1 Å². The number of halogens is 1. The molecule has 1 amide bonds. The highest BCUT2D eigenvalue weighted by molar-refractivity contribution is 6.30. The average Bonchev–Trinajstić information content (AvgIpc) is 2.67. The first-order valence-corrected chi connectivity index (χ1v) is 9.61. The molecule has 0 saturated carbocycles. The zero-order valence-corrected chi connectivity index (χ0v) is 16.2. The molecule has 0 radical (unpaired) electrons. The second kappa shape index (κ2) is 8.54. The van der Waals surface area contributed by atoms with E-state index >= 15 is 0 Å². The number of nitrogens with zero attached hydrogens (tertiary/aromatic N) is 3. The number of hydrogen-bond acceptors (Lipinski definition) is 3. The normalized spacial score (nSPS) is 16.0. The number of anilines is 1. The molecule has 1 unspecified atom stereocenters. The van der Waals surface area contributed by atoms with Crippen molar-refractivity contribution < 1.29 is 4.79 Å². The number of rotatable bonds is 5. The van der Waals surface area contributed by atoms with Crippen LogP contribution in [0.1, 0.15) is 31.7 Å². The van der Waals surface area contributed by atoms with E-state index in [1.165, 1.54) is 5.56 Å². The summed E-state index contributed by atoms with van der Waals surface area (Å²) < 4.78 is 0. The van der Waals surface area contributed by atoms with Crippen LogP contribution in [0.4, 0.5) is 5.82 Å². The quantitative estimate of drug-likeness (QED) is 0.789. The van der Waals surface area contributed by atoms with Gasteiger partial charge in [0.05, 0.1) is 0 Å². The molecule has 1 fully saturated rings. The van der Waals surface area contributed by atoms with Crippen LogP contribution in [-0.2, 0) is 4.79 Å². The Kier molecular flexibility index (Phi) is 6.15. The van der Waals surface area contributed by atoms with E-state index in [9.17, 15) is 4.79 Å². The molecule has 1 saturated heterocycles. The topological polar surface area (TPSA) is 36.4 Å². The number of aromatic nitrogens is 1. The largest absolute Gasteiger partial charge is 0.353 e. The van der Waals surface area contributed by atoms with Gasteiger partial charge in [-0.25, -0.2) is 4.98 Å². The highest BCUT2D eigenvalue weighted by Crippen LogP contribution is 2.29. The number of piperazine rings is 1. The summed E-state index contributed by atoms with van der Waals surface area (Å²) >= 11 is 6.00. The van der Waals surface area contributed by atoms with Gasteiger partial charge in [0.25, 0.3) is 0 Å². The van der Waals surface area contributed by atoms with Gasteiger partial charge in [-0.3, -0.25) is 4.79 Å². The predicted octanol–water partition coefficient (Wildman–Crippen LogP) is 4.21. The van der Waals surface area contributed by atoms with Gasteiger partial charge < -0.3 is 9.80 Å². The molecule has 0 aliphatic carbocycles. The highest BCUT2D eigenvalue weighted by atomic mass is 35.5. The first kappa shape index (κ1) is 18.7. The zero-order valence-electron chi connectivity index (χ0n) is 15.4. The minimum atomic E-state index is 0.216. The summed E-state index contributed by atoms with van der Waals surface area (Å²) in [6, 6.07) is 13.8. The van der Waals surface area contributed by atoms with E-state index in [-0.39, 0.29) is 11.8 Å². The van der Waals surface area contributed by atoms with Crippen molar-refractivity contribution in [2.24, 2.45) is 5.92 Å². The Morgan fingerprint density at radius 1 is 1.08 bits per heavy atom. The molecule has 1 aliphatic heterocycles. The van der Waals surface area contributed by atoms with Gasteiger partial charge in [0.2, 0.25) is 5.91 Å². The lowest BCUT2D eigenvalue weighted by Crippen LogP contribution is -2.49. The molecule has 2 heterocycles. The first-order valence-electron chi connectivity index (χ1n) is 9.24. The fraction of sp³-hybridized carbons (Fsp3) is 0.429. The van der Waals surface area contributed by atoms with E-state index in [0.717, 1.165) is 37.0 Å². The van der Waals surface area contributed by atoms with Crippen molar-refractivity contribution in [3.63, 3.8) is 0 Å². The standard InChI is InChI=1S/C21H26ClN3O/c1-16(2)19(17-6-8-18(22)9-7-17)15-21(26)25-13-11-24(12-14-25)20-5-3-4-10-23-20/h3-10,16,19H,11-15H2,1-2H3. The molecule has 1 aromatic carbocycles. The van der Waals surface area contributed by atoms with Crippen LogP contribution in [-0.4, -0.2) is 42.0 Å². The molecule has 26 heavy (non-hydrogen) atoms. The molecule has 0 spiro atoms. The van der Waals surface area contributed by atoms with Crippen LogP contribution in [0.5, 0.6) is 0 Å². The van der Waals surface area contributed by atoms with Gasteiger partial charge in [-0.2, -0.15) is 0 Å². The van der Waals surface area contributed by atoms with E-state index in [1.54, 1.807) is 0 Å². The van der Waals surface area contributed by atoms with Gasteiger partial charge in [-0.05, 0) is 41.7 Å². The molecule has 0 N–H and O–H groups in total. The molecule has 3 rings (SSSR count). The van der Waals surface area contributed by atoms with E-state index in [4.69, 9.17) is 11.6 Å². The average molecular weight is 372 g/mol. The number of carbonyl (C=O) groups is 1. The first-order chi connectivity index (χ1) is 12.5. The van der Waals surface area contributed by atoms with Gasteiger partial charge in [0, 0.05) is 43.8 Å². The Labute approximate surface area is 160 Å². The second-order valence-corrected chi connectivity index (χ2v) is 7.60.